The van der Waals surface area contributed by atoms with Crippen LogP contribution in [-0.2, 0) is 6.61 Å². The number of rotatable bonds is 2. The Labute approximate surface area is 176 Å². The minimum atomic E-state index is 0.493. The Balaban J connectivity index is 0.000000200. The van der Waals surface area contributed by atoms with Crippen LogP contribution in [0.1, 0.15) is 37.7 Å². The fourth-order valence-electron chi connectivity index (χ4n) is 4.59. The predicted molar refractivity (Wildman–Crippen MR) is 119 cm³/mol. The summed E-state index contributed by atoms with van der Waals surface area (Å²) >= 11 is 0. The second kappa shape index (κ2) is 7.99. The fraction of sp³-hybridized carbons (Fsp3) is 0.391. The Bertz CT molecular complexity index is 1030. The van der Waals surface area contributed by atoms with Crippen LogP contribution in [0.15, 0.2) is 42.7 Å². The number of hydrogen-bond donors (Lipinski definition) is 3. The van der Waals surface area contributed by atoms with Gasteiger partial charge in [0.1, 0.15) is 12.4 Å². The molecule has 0 spiro atoms. The van der Waals surface area contributed by atoms with Gasteiger partial charge in [0.15, 0.2) is 0 Å². The number of anilines is 2. The van der Waals surface area contributed by atoms with E-state index in [9.17, 15) is 0 Å². The summed E-state index contributed by atoms with van der Waals surface area (Å²) < 4.78 is 7.54. The third kappa shape index (κ3) is 3.73. The highest BCUT2D eigenvalue weighted by Gasteiger charge is 2.26. The quantitative estimate of drug-likeness (QED) is 0.603. The molecule has 0 amide bonds. The normalized spacial score (nSPS) is 21.0. The summed E-state index contributed by atoms with van der Waals surface area (Å²) in [6.45, 7) is 0.493. The molecule has 0 aliphatic carbocycles. The van der Waals surface area contributed by atoms with E-state index in [1.54, 1.807) is 17.1 Å². The van der Waals surface area contributed by atoms with Crippen LogP contribution in [0, 0.1) is 0 Å². The minimum Gasteiger partial charge on any atom is -0.472 e. The van der Waals surface area contributed by atoms with Gasteiger partial charge in [0.25, 0.3) is 0 Å². The highest BCUT2D eigenvalue weighted by Crippen LogP contribution is 2.37. The van der Waals surface area contributed by atoms with Crippen molar-refractivity contribution in [2.75, 3.05) is 18.1 Å². The van der Waals surface area contributed by atoms with E-state index in [1.165, 1.54) is 32.1 Å². The SMILES string of the molecule is C1CC2CCC(C1)N2.CNc1ccc2c(n1)OCc1cc(-n3cc(N)cn3)ccc1-2. The topological polar surface area (TPSA) is 90.0 Å². The number of nitrogens with one attached hydrogen (secondary N) is 2. The van der Waals surface area contributed by atoms with E-state index in [0.29, 0.717) is 18.2 Å². The first-order chi connectivity index (χ1) is 14.7. The Morgan fingerprint density at radius 1 is 1.10 bits per heavy atom. The van der Waals surface area contributed by atoms with E-state index in [-0.39, 0.29) is 0 Å². The number of nitrogens with two attached hydrogens (primary N) is 1. The summed E-state index contributed by atoms with van der Waals surface area (Å²) in [7, 11) is 1.84. The van der Waals surface area contributed by atoms with Crippen LogP contribution >= 0.6 is 0 Å². The van der Waals surface area contributed by atoms with Gasteiger partial charge in [-0.3, -0.25) is 0 Å². The highest BCUT2D eigenvalue weighted by molar-refractivity contribution is 5.75. The number of hydrogen-bond acceptors (Lipinski definition) is 6. The van der Waals surface area contributed by atoms with Crippen LogP contribution in [0.2, 0.25) is 0 Å². The number of aromatic nitrogens is 3. The Morgan fingerprint density at radius 2 is 1.90 bits per heavy atom. The third-order valence-corrected chi connectivity index (χ3v) is 6.17. The molecule has 6 rings (SSSR count). The molecule has 3 aliphatic heterocycles. The molecule has 2 saturated heterocycles. The van der Waals surface area contributed by atoms with E-state index in [1.807, 2.05) is 25.2 Å². The molecule has 0 saturated carbocycles. The fourth-order valence-corrected chi connectivity index (χ4v) is 4.59. The summed E-state index contributed by atoms with van der Waals surface area (Å²) in [4.78, 5) is 4.45. The zero-order chi connectivity index (χ0) is 20.5. The Morgan fingerprint density at radius 3 is 2.60 bits per heavy atom. The lowest BCUT2D eigenvalue weighted by Crippen LogP contribution is -2.33. The van der Waals surface area contributed by atoms with Crippen LogP contribution in [0.3, 0.4) is 0 Å². The first-order valence-electron chi connectivity index (χ1n) is 10.7. The van der Waals surface area contributed by atoms with Gasteiger partial charge in [0.2, 0.25) is 5.88 Å². The maximum absolute atomic E-state index is 5.78. The molecule has 2 unspecified atom stereocenters. The molecule has 5 heterocycles. The number of nitrogen functional groups attached to an aromatic ring is 1. The zero-order valence-corrected chi connectivity index (χ0v) is 17.3. The van der Waals surface area contributed by atoms with Crippen molar-refractivity contribution in [3.63, 3.8) is 0 Å². The lowest BCUT2D eigenvalue weighted by molar-refractivity contribution is 0.290. The summed E-state index contributed by atoms with van der Waals surface area (Å²) in [5, 5.41) is 10.8. The number of benzene rings is 1. The van der Waals surface area contributed by atoms with E-state index >= 15 is 0 Å². The van der Waals surface area contributed by atoms with Gasteiger partial charge < -0.3 is 21.1 Å². The first kappa shape index (κ1) is 18.9. The molecular formula is C23H28N6O. The average Bonchev–Trinajstić information content (AvgIpc) is 3.37. The van der Waals surface area contributed by atoms with Crippen molar-refractivity contribution in [2.24, 2.45) is 0 Å². The van der Waals surface area contributed by atoms with E-state index in [2.05, 4.69) is 32.8 Å². The van der Waals surface area contributed by atoms with Gasteiger partial charge in [-0.25, -0.2) is 4.68 Å². The van der Waals surface area contributed by atoms with Crippen molar-refractivity contribution in [1.82, 2.24) is 20.1 Å². The molecule has 156 valence electrons. The smallest absolute Gasteiger partial charge is 0.223 e. The predicted octanol–water partition coefficient (Wildman–Crippen LogP) is 3.74. The first-order valence-corrected chi connectivity index (χ1v) is 10.7. The molecule has 2 aromatic heterocycles. The summed E-state index contributed by atoms with van der Waals surface area (Å²) in [6.07, 6.45) is 10.7. The molecule has 2 atom stereocenters. The standard InChI is InChI=1S/C16H15N5O.C7H13N/c1-18-15-5-4-14-13-3-2-12(21-8-11(17)7-19-21)6-10(13)9-22-16(14)20-15;1-2-6-4-5-7(3-1)8-6/h2-8H,9,17H2,1H3,(H,18,20);6-8H,1-5H2. The number of nitrogens with zero attached hydrogens (tertiary/aromatic N) is 3. The molecule has 30 heavy (non-hydrogen) atoms. The van der Waals surface area contributed by atoms with Crippen molar-refractivity contribution >= 4 is 11.5 Å². The number of fused-ring (bicyclic) bond motifs is 5. The third-order valence-electron chi connectivity index (χ3n) is 6.17. The summed E-state index contributed by atoms with van der Waals surface area (Å²) in [5.74, 6) is 1.46. The van der Waals surface area contributed by atoms with Gasteiger partial charge >= 0.3 is 0 Å². The Kier molecular flexibility index (Phi) is 5.04. The Hall–Kier alpha value is -3.06. The average molecular weight is 405 g/mol. The highest BCUT2D eigenvalue weighted by atomic mass is 16.5. The van der Waals surface area contributed by atoms with Crippen molar-refractivity contribution in [2.45, 2.75) is 50.8 Å². The van der Waals surface area contributed by atoms with Gasteiger partial charge in [-0.2, -0.15) is 10.1 Å². The van der Waals surface area contributed by atoms with Crippen molar-refractivity contribution in [3.05, 3.63) is 48.3 Å². The summed E-state index contributed by atoms with van der Waals surface area (Å²) in [6, 6.07) is 12.0. The van der Waals surface area contributed by atoms with E-state index in [0.717, 1.165) is 40.3 Å². The molecule has 2 bridgehead atoms. The maximum atomic E-state index is 5.78. The summed E-state index contributed by atoms with van der Waals surface area (Å²) in [5.41, 5.74) is 10.6. The molecule has 7 nitrogen and oxygen atoms in total. The lowest BCUT2D eigenvalue weighted by atomic mass is 9.98. The van der Waals surface area contributed by atoms with Gasteiger partial charge in [-0.15, -0.1) is 0 Å². The van der Waals surface area contributed by atoms with Crippen LogP contribution in [0.4, 0.5) is 11.5 Å². The largest absolute Gasteiger partial charge is 0.472 e. The molecule has 3 aliphatic rings. The molecule has 0 radical (unpaired) electrons. The van der Waals surface area contributed by atoms with Crippen LogP contribution in [0.25, 0.3) is 16.8 Å². The second-order valence-electron chi connectivity index (χ2n) is 8.22. The van der Waals surface area contributed by atoms with Crippen molar-refractivity contribution < 1.29 is 4.74 Å². The molecule has 3 aromatic rings. The zero-order valence-electron chi connectivity index (χ0n) is 17.3. The van der Waals surface area contributed by atoms with Crippen molar-refractivity contribution in [1.29, 1.82) is 0 Å². The minimum absolute atomic E-state index is 0.493. The number of piperidine rings is 1. The maximum Gasteiger partial charge on any atom is 0.223 e. The van der Waals surface area contributed by atoms with Crippen LogP contribution in [0.5, 0.6) is 5.88 Å². The molecular weight excluding hydrogens is 376 g/mol. The number of ether oxygens (including phenoxy) is 1. The molecule has 7 heteroatoms. The van der Waals surface area contributed by atoms with Gasteiger partial charge in [0.05, 0.1) is 23.8 Å². The van der Waals surface area contributed by atoms with Gasteiger partial charge in [-0.05, 0) is 61.1 Å². The molecule has 2 fully saturated rings. The van der Waals surface area contributed by atoms with Gasteiger partial charge in [-0.1, -0.05) is 12.5 Å². The van der Waals surface area contributed by atoms with Gasteiger partial charge in [0, 0.05) is 24.7 Å². The second-order valence-corrected chi connectivity index (χ2v) is 8.22. The van der Waals surface area contributed by atoms with E-state index < -0.39 is 0 Å². The molecule has 4 N–H and O–H groups in total. The van der Waals surface area contributed by atoms with Crippen LogP contribution < -0.4 is 21.1 Å². The number of pyridine rings is 1. The lowest BCUT2D eigenvalue weighted by Gasteiger charge is -2.21. The molecule has 1 aromatic carbocycles. The van der Waals surface area contributed by atoms with Crippen LogP contribution in [-0.4, -0.2) is 33.9 Å². The monoisotopic (exact) mass is 404 g/mol. The van der Waals surface area contributed by atoms with Crippen molar-refractivity contribution in [3.8, 4) is 22.7 Å². The van der Waals surface area contributed by atoms with E-state index in [4.69, 9.17) is 10.5 Å².